The molecule has 0 amide bonds. The summed E-state index contributed by atoms with van der Waals surface area (Å²) in [5.41, 5.74) is 2.16. The van der Waals surface area contributed by atoms with Gasteiger partial charge in [-0.05, 0) is 44.5 Å². The van der Waals surface area contributed by atoms with E-state index in [1.54, 1.807) is 0 Å². The Labute approximate surface area is 111 Å². The average molecular weight is 302 g/mol. The van der Waals surface area contributed by atoms with Crippen LogP contribution >= 0.6 is 15.9 Å². The van der Waals surface area contributed by atoms with E-state index >= 15 is 0 Å². The van der Waals surface area contributed by atoms with Gasteiger partial charge in [-0.3, -0.25) is 0 Å². The van der Waals surface area contributed by atoms with E-state index in [0.29, 0.717) is 0 Å². The number of aliphatic hydroxyl groups is 2. The molecule has 0 radical (unpaired) electrons. The van der Waals surface area contributed by atoms with Gasteiger partial charge in [-0.15, -0.1) is 0 Å². The Kier molecular flexibility index (Phi) is 5.43. The van der Waals surface area contributed by atoms with Crippen molar-refractivity contribution in [2.75, 3.05) is 18.1 Å². The van der Waals surface area contributed by atoms with Gasteiger partial charge in [0.05, 0.1) is 13.2 Å². The molecule has 0 saturated carbocycles. The molecule has 0 fully saturated rings. The molecule has 1 aromatic carbocycles. The maximum Gasteiger partial charge on any atom is 0.0632 e. The lowest BCUT2D eigenvalue weighted by molar-refractivity contribution is 0.230. The maximum absolute atomic E-state index is 9.30. The van der Waals surface area contributed by atoms with E-state index in [0.717, 1.165) is 15.7 Å². The molecule has 0 aliphatic rings. The fourth-order valence-corrected chi connectivity index (χ4v) is 2.16. The first-order chi connectivity index (χ1) is 8.01. The minimum Gasteiger partial charge on any atom is -0.394 e. The molecule has 0 aliphatic carbocycles. The highest BCUT2D eigenvalue weighted by Crippen LogP contribution is 2.25. The second-order valence-corrected chi connectivity index (χ2v) is 5.26. The predicted molar refractivity (Wildman–Crippen MR) is 74.5 cm³/mol. The van der Waals surface area contributed by atoms with E-state index < -0.39 is 0 Å². The quantitative estimate of drug-likeness (QED) is 0.877. The smallest absolute Gasteiger partial charge is 0.0632 e. The number of nitrogens with zero attached hydrogens (tertiary/aromatic N) is 1. The molecular weight excluding hydrogens is 282 g/mol. The van der Waals surface area contributed by atoms with Gasteiger partial charge < -0.3 is 15.1 Å². The van der Waals surface area contributed by atoms with Crippen LogP contribution in [0.25, 0.3) is 0 Å². The average Bonchev–Trinajstić information content (AvgIpc) is 2.33. The number of anilines is 1. The monoisotopic (exact) mass is 301 g/mol. The summed E-state index contributed by atoms with van der Waals surface area (Å²) >= 11 is 3.47. The van der Waals surface area contributed by atoms with Crippen LogP contribution in [-0.4, -0.2) is 35.5 Å². The highest BCUT2D eigenvalue weighted by molar-refractivity contribution is 9.10. The van der Waals surface area contributed by atoms with Crippen molar-refractivity contribution >= 4 is 21.6 Å². The fourth-order valence-electron chi connectivity index (χ4n) is 1.91. The molecular formula is C13H20BrNO2. The summed E-state index contributed by atoms with van der Waals surface area (Å²) in [6.45, 7) is 6.06. The van der Waals surface area contributed by atoms with Gasteiger partial charge in [0.2, 0.25) is 0 Å². The number of benzene rings is 1. The van der Waals surface area contributed by atoms with E-state index in [-0.39, 0.29) is 25.3 Å². The van der Waals surface area contributed by atoms with Gasteiger partial charge in [0, 0.05) is 22.2 Å². The van der Waals surface area contributed by atoms with Crippen molar-refractivity contribution in [3.05, 3.63) is 28.2 Å². The molecule has 0 saturated heterocycles. The standard InChI is InChI=1S/C13H20BrNO2/c1-9-6-12(4-5-13(9)14)15(10(2)7-16)11(3)8-17/h4-6,10-11,16-17H,7-8H2,1-3H3. The molecule has 3 nitrogen and oxygen atoms in total. The van der Waals surface area contributed by atoms with E-state index in [9.17, 15) is 10.2 Å². The molecule has 0 spiro atoms. The summed E-state index contributed by atoms with van der Waals surface area (Å²) in [5, 5.41) is 18.6. The van der Waals surface area contributed by atoms with Crippen LogP contribution in [0.15, 0.2) is 22.7 Å². The molecule has 4 heteroatoms. The van der Waals surface area contributed by atoms with Gasteiger partial charge in [-0.2, -0.15) is 0 Å². The predicted octanol–water partition coefficient (Wildman–Crippen LogP) is 2.33. The third kappa shape index (κ3) is 3.44. The molecule has 0 bridgehead atoms. The zero-order valence-corrected chi connectivity index (χ0v) is 12.1. The molecule has 1 rings (SSSR count). The summed E-state index contributed by atoms with van der Waals surface area (Å²) in [6.07, 6.45) is 0. The van der Waals surface area contributed by atoms with Crippen molar-refractivity contribution < 1.29 is 10.2 Å². The van der Waals surface area contributed by atoms with Crippen molar-refractivity contribution in [1.29, 1.82) is 0 Å². The highest BCUT2D eigenvalue weighted by atomic mass is 79.9. The summed E-state index contributed by atoms with van der Waals surface area (Å²) < 4.78 is 1.06. The first-order valence-corrected chi connectivity index (χ1v) is 6.56. The zero-order valence-electron chi connectivity index (χ0n) is 10.5. The van der Waals surface area contributed by atoms with Crippen LogP contribution in [0.3, 0.4) is 0 Å². The Bertz CT molecular complexity index is 360. The summed E-state index contributed by atoms with van der Waals surface area (Å²) in [4.78, 5) is 2.04. The van der Waals surface area contributed by atoms with Gasteiger partial charge in [0.1, 0.15) is 0 Å². The molecule has 0 heterocycles. The van der Waals surface area contributed by atoms with Crippen molar-refractivity contribution in [1.82, 2.24) is 0 Å². The van der Waals surface area contributed by atoms with Crippen LogP contribution in [0.1, 0.15) is 19.4 Å². The maximum atomic E-state index is 9.30. The van der Waals surface area contributed by atoms with Crippen LogP contribution in [0, 0.1) is 6.92 Å². The summed E-state index contributed by atoms with van der Waals surface area (Å²) in [5.74, 6) is 0. The second kappa shape index (κ2) is 6.38. The van der Waals surface area contributed by atoms with Gasteiger partial charge >= 0.3 is 0 Å². The number of hydrogen-bond donors (Lipinski definition) is 2. The first-order valence-electron chi connectivity index (χ1n) is 5.77. The first kappa shape index (κ1) is 14.5. The third-order valence-electron chi connectivity index (χ3n) is 2.92. The molecule has 2 atom stereocenters. The van der Waals surface area contributed by atoms with Gasteiger partial charge in [-0.25, -0.2) is 0 Å². The van der Waals surface area contributed by atoms with Gasteiger partial charge in [-0.1, -0.05) is 15.9 Å². The summed E-state index contributed by atoms with van der Waals surface area (Å²) in [7, 11) is 0. The van der Waals surface area contributed by atoms with Crippen LogP contribution in [0.4, 0.5) is 5.69 Å². The Morgan fingerprint density at radius 2 is 1.71 bits per heavy atom. The zero-order chi connectivity index (χ0) is 13.0. The number of aryl methyl sites for hydroxylation is 1. The van der Waals surface area contributed by atoms with Gasteiger partial charge in [0.15, 0.2) is 0 Å². The van der Waals surface area contributed by atoms with Crippen LogP contribution in [-0.2, 0) is 0 Å². The van der Waals surface area contributed by atoms with Crippen LogP contribution in [0.2, 0.25) is 0 Å². The van der Waals surface area contributed by atoms with Crippen molar-refractivity contribution in [3.63, 3.8) is 0 Å². The van der Waals surface area contributed by atoms with Crippen molar-refractivity contribution in [2.24, 2.45) is 0 Å². The number of rotatable bonds is 5. The lowest BCUT2D eigenvalue weighted by Gasteiger charge is -2.35. The molecule has 17 heavy (non-hydrogen) atoms. The SMILES string of the molecule is Cc1cc(N(C(C)CO)C(C)CO)ccc1Br. The van der Waals surface area contributed by atoms with E-state index in [2.05, 4.69) is 22.0 Å². The van der Waals surface area contributed by atoms with E-state index in [1.807, 2.05) is 37.8 Å². The van der Waals surface area contributed by atoms with Crippen molar-refractivity contribution in [3.8, 4) is 0 Å². The normalized spacial score (nSPS) is 14.5. The minimum absolute atomic E-state index is 0.0160. The lowest BCUT2D eigenvalue weighted by Crippen LogP contribution is -2.44. The van der Waals surface area contributed by atoms with E-state index in [4.69, 9.17) is 0 Å². The second-order valence-electron chi connectivity index (χ2n) is 4.40. The molecule has 2 unspecified atom stereocenters. The minimum atomic E-state index is -0.0160. The topological polar surface area (TPSA) is 43.7 Å². The molecule has 0 aliphatic heterocycles. The highest BCUT2D eigenvalue weighted by Gasteiger charge is 2.19. The Balaban J connectivity index is 3.08. The third-order valence-corrected chi connectivity index (χ3v) is 3.81. The number of halogens is 1. The van der Waals surface area contributed by atoms with Crippen molar-refractivity contribution in [2.45, 2.75) is 32.9 Å². The molecule has 96 valence electrons. The lowest BCUT2D eigenvalue weighted by atomic mass is 10.1. The largest absolute Gasteiger partial charge is 0.394 e. The van der Waals surface area contributed by atoms with Gasteiger partial charge in [0.25, 0.3) is 0 Å². The number of hydrogen-bond acceptors (Lipinski definition) is 3. The fraction of sp³-hybridized carbons (Fsp3) is 0.538. The van der Waals surface area contributed by atoms with Crippen LogP contribution in [0.5, 0.6) is 0 Å². The molecule has 1 aromatic rings. The number of aliphatic hydroxyl groups excluding tert-OH is 2. The molecule has 2 N–H and O–H groups in total. The summed E-state index contributed by atoms with van der Waals surface area (Å²) in [6, 6.07) is 6.01. The Morgan fingerprint density at radius 3 is 2.12 bits per heavy atom. The van der Waals surface area contributed by atoms with E-state index in [1.165, 1.54) is 0 Å². The Hall–Kier alpha value is -0.580. The Morgan fingerprint density at radius 1 is 1.18 bits per heavy atom. The molecule has 0 aromatic heterocycles. The van der Waals surface area contributed by atoms with Crippen LogP contribution < -0.4 is 4.90 Å².